The molecule has 736 valence electrons. The van der Waals surface area contributed by atoms with E-state index in [0.717, 1.165) is 222 Å². The summed E-state index contributed by atoms with van der Waals surface area (Å²) in [5.74, 6) is 5.60. The van der Waals surface area contributed by atoms with Crippen LogP contribution in [-0.2, 0) is 146 Å². The van der Waals surface area contributed by atoms with Crippen LogP contribution in [0.5, 0.6) is 23.0 Å². The standard InChI is InChI=1S/C24H24N2O3.C24H29NO3.C23H22N2O3.C23H27NO4.C23H27NO3.H2S/c1-15-10-19(14-26(3)24(15)28)18-11-17-7-8-20(27)13-21(17)23(12-18)29-16(2)22-6-4-5-9-25-22;1-16-10-20(14-25(2)24(16)27)19-11-18-8-9-21(26)13-22(18)23(12-19)28-15-17-6-4-3-5-7-17;1-15-9-19(13-25(2)23(15)27)18-10-17-3-4-20(26)12-21(17)22(11-18)28-14-16-5-7-24-8-6-16;1-15-9-19(13-24(2)23(15)26)18-10-17-3-4-20(25)12-21(17)22(11-18)28-14-16-5-7-27-8-6-16;1-15-9-18(13-24(2)23(15)26)22-12-16-7-8-20(25)11-17(16)10-19(22)14-27-21-5-3-4-6-21;/h4-6,9-12,14,16H,7-8,13H2,1-3H3;10-12,14,17H,3-9,13,15H2,1-2H3;5-11,13H,3-4,12,14H2,1-2H3;9-11,13,16H,3-8,12,14H2,1-2H3;9-10,12-13,21H,3-8,11,14H2,1-2H3;1H2/t16-;;;;;/m0...../s1. The van der Waals surface area contributed by atoms with Crippen LogP contribution < -0.4 is 46.7 Å². The van der Waals surface area contributed by atoms with Crippen LogP contribution >= 0.6 is 13.5 Å². The second-order valence-electron chi connectivity index (χ2n) is 39.5. The zero-order valence-electron chi connectivity index (χ0n) is 83.3. The number of hydrogen-bond donors (Lipinski definition) is 0. The second kappa shape index (κ2) is 46.6. The Hall–Kier alpha value is -13.0. The normalized spacial score (nSPS) is 15.8. The fraction of sp³-hybridized carbons (Fsp3) is 0.402. The van der Waals surface area contributed by atoms with E-state index in [-0.39, 0.29) is 64.7 Å². The molecule has 3 fully saturated rings. The van der Waals surface area contributed by atoms with Crippen molar-refractivity contribution in [1.82, 2.24) is 32.8 Å². The van der Waals surface area contributed by atoms with E-state index < -0.39 is 0 Å². The fourth-order valence-electron chi connectivity index (χ4n) is 20.6. The van der Waals surface area contributed by atoms with Crippen LogP contribution in [0.1, 0.15) is 216 Å². The molecular weight excluding hydrogens is 1790 g/mol. The van der Waals surface area contributed by atoms with Gasteiger partial charge in [-0.2, -0.15) is 13.5 Å². The smallest absolute Gasteiger partial charge is 0.253 e. The van der Waals surface area contributed by atoms with Crippen molar-refractivity contribution in [2.45, 2.75) is 234 Å². The summed E-state index contributed by atoms with van der Waals surface area (Å²) in [5, 5.41) is 0. The van der Waals surface area contributed by atoms with Crippen molar-refractivity contribution in [1.29, 1.82) is 0 Å². The summed E-state index contributed by atoms with van der Waals surface area (Å²) < 4.78 is 44.8. The van der Waals surface area contributed by atoms with Crippen LogP contribution in [0.2, 0.25) is 0 Å². The summed E-state index contributed by atoms with van der Waals surface area (Å²) in [5.41, 5.74) is 28.0. The lowest BCUT2D eigenvalue weighted by Gasteiger charge is -2.25. The number of ether oxygens (including phenoxy) is 6. The molecule has 141 heavy (non-hydrogen) atoms. The Morgan fingerprint density at radius 2 is 0.723 bits per heavy atom. The molecule has 8 aliphatic rings. The average Bonchev–Trinajstić information content (AvgIpc) is 1.05. The number of aromatic nitrogens is 7. The van der Waals surface area contributed by atoms with Crippen LogP contribution in [0.3, 0.4) is 0 Å². The zero-order valence-corrected chi connectivity index (χ0v) is 84.3. The predicted molar refractivity (Wildman–Crippen MR) is 555 cm³/mol. The molecule has 8 heterocycles. The molecule has 7 aromatic heterocycles. The number of carbonyl (C=O) groups excluding carboxylic acids is 5. The van der Waals surface area contributed by atoms with Crippen molar-refractivity contribution >= 4 is 42.4 Å². The van der Waals surface area contributed by atoms with Gasteiger partial charge in [0.2, 0.25) is 0 Å². The molecule has 1 atom stereocenters. The summed E-state index contributed by atoms with van der Waals surface area (Å²) in [7, 11) is 8.88. The number of Topliss-reactive ketones (excluding diaryl/α,β-unsaturated/α-hetero) is 5. The molecule has 12 aromatic rings. The zero-order chi connectivity index (χ0) is 98.5. The maximum absolute atomic E-state index is 12.1. The third kappa shape index (κ3) is 25.5. The van der Waals surface area contributed by atoms with Crippen LogP contribution in [0.4, 0.5) is 0 Å². The van der Waals surface area contributed by atoms with E-state index >= 15 is 0 Å². The van der Waals surface area contributed by atoms with Gasteiger partial charge in [0.15, 0.2) is 0 Å². The number of aryl methyl sites for hydroxylation is 15. The molecule has 20 rings (SSSR count). The quantitative estimate of drug-likeness (QED) is 0.0685. The molecular formula is C117H131N7O16S. The van der Waals surface area contributed by atoms with E-state index in [1.807, 2.05) is 151 Å². The molecule has 0 amide bonds. The summed E-state index contributed by atoms with van der Waals surface area (Å²) in [6.07, 6.45) is 36.8. The van der Waals surface area contributed by atoms with Gasteiger partial charge in [0.05, 0.1) is 31.6 Å². The van der Waals surface area contributed by atoms with Gasteiger partial charge >= 0.3 is 0 Å². The van der Waals surface area contributed by atoms with Gasteiger partial charge in [-0.25, -0.2) is 0 Å². The molecule has 0 bridgehead atoms. The van der Waals surface area contributed by atoms with E-state index in [2.05, 4.69) is 52.4 Å². The van der Waals surface area contributed by atoms with Crippen molar-refractivity contribution in [2.24, 2.45) is 47.1 Å². The van der Waals surface area contributed by atoms with E-state index in [0.29, 0.717) is 131 Å². The first-order valence-corrected chi connectivity index (χ1v) is 49.8. The third-order valence-electron chi connectivity index (χ3n) is 28.7. The van der Waals surface area contributed by atoms with Crippen LogP contribution in [0.15, 0.2) is 195 Å². The third-order valence-corrected chi connectivity index (χ3v) is 28.7. The minimum Gasteiger partial charge on any atom is -0.493 e. The number of fused-ring (bicyclic) bond motifs is 5. The maximum atomic E-state index is 12.1. The molecule has 7 aliphatic carbocycles. The maximum Gasteiger partial charge on any atom is 0.253 e. The lowest BCUT2D eigenvalue weighted by molar-refractivity contribution is -0.119. The molecule has 23 nitrogen and oxygen atoms in total. The minimum atomic E-state index is -0.241. The highest BCUT2D eigenvalue weighted by atomic mass is 32.1. The Kier molecular flexibility index (Phi) is 33.8. The van der Waals surface area contributed by atoms with Crippen LogP contribution in [0, 0.1) is 46.5 Å². The average molecular weight is 1920 g/mol. The highest BCUT2D eigenvalue weighted by molar-refractivity contribution is 7.59. The Balaban J connectivity index is 0.000000133. The summed E-state index contributed by atoms with van der Waals surface area (Å²) in [6.45, 7) is 15.1. The van der Waals surface area contributed by atoms with Gasteiger partial charge in [0.25, 0.3) is 27.8 Å². The van der Waals surface area contributed by atoms with Crippen LogP contribution in [0.25, 0.3) is 55.6 Å². The van der Waals surface area contributed by atoms with Crippen molar-refractivity contribution in [2.75, 3.05) is 26.4 Å². The van der Waals surface area contributed by atoms with Crippen molar-refractivity contribution in [3.05, 3.63) is 323 Å². The Morgan fingerprint density at radius 3 is 1.13 bits per heavy atom. The van der Waals surface area contributed by atoms with Gasteiger partial charge in [-0.15, -0.1) is 0 Å². The number of pyridine rings is 7. The number of hydrogen-bond acceptors (Lipinski definition) is 18. The molecule has 5 aromatic carbocycles. The first-order chi connectivity index (χ1) is 67.5. The number of rotatable bonds is 20. The first kappa shape index (κ1) is 102. The van der Waals surface area contributed by atoms with E-state index in [1.54, 1.807) is 76.7 Å². The second-order valence-corrected chi connectivity index (χ2v) is 39.5. The Labute approximate surface area is 831 Å². The molecule has 0 radical (unpaired) electrons. The molecule has 24 heteroatoms. The summed E-state index contributed by atoms with van der Waals surface area (Å²) >= 11 is 0. The van der Waals surface area contributed by atoms with Crippen molar-refractivity contribution in [3.8, 4) is 78.6 Å². The Morgan fingerprint density at radius 1 is 0.355 bits per heavy atom. The van der Waals surface area contributed by atoms with Crippen LogP contribution in [-0.4, -0.2) is 94.3 Å². The summed E-state index contributed by atoms with van der Waals surface area (Å²) in [4.78, 5) is 129. The van der Waals surface area contributed by atoms with Gasteiger partial charge < -0.3 is 51.3 Å². The number of nitrogens with zero attached hydrogens (tertiary/aromatic N) is 7. The lowest BCUT2D eigenvalue weighted by atomic mass is 9.86. The van der Waals surface area contributed by atoms with E-state index in [4.69, 9.17) is 28.4 Å². The molecule has 0 spiro atoms. The Bertz CT molecular complexity index is 6720. The molecule has 1 aliphatic heterocycles. The topological polar surface area (TPSA) is 277 Å². The molecule has 1 saturated heterocycles. The largest absolute Gasteiger partial charge is 0.493 e. The number of ketones is 5. The fourth-order valence-corrected chi connectivity index (χ4v) is 20.6. The highest BCUT2D eigenvalue weighted by Gasteiger charge is 2.31. The van der Waals surface area contributed by atoms with E-state index in [1.165, 1.54) is 61.6 Å². The minimum absolute atomic E-state index is 0. The molecule has 2 saturated carbocycles. The molecule has 0 N–H and O–H groups in total. The van der Waals surface area contributed by atoms with Gasteiger partial charge in [-0.05, 0) is 303 Å². The number of benzene rings is 5. The number of carbonyl (C=O) groups is 5. The van der Waals surface area contributed by atoms with Crippen molar-refractivity contribution in [3.63, 3.8) is 0 Å². The summed E-state index contributed by atoms with van der Waals surface area (Å²) in [6, 6.07) is 40.3. The molecule has 0 unspecified atom stereocenters. The van der Waals surface area contributed by atoms with E-state index in [9.17, 15) is 47.9 Å². The van der Waals surface area contributed by atoms with Gasteiger partial charge in [-0.3, -0.25) is 57.9 Å². The van der Waals surface area contributed by atoms with Crippen molar-refractivity contribution < 1.29 is 52.4 Å². The van der Waals surface area contributed by atoms with Gasteiger partial charge in [-0.1, -0.05) is 74.6 Å². The first-order valence-electron chi connectivity index (χ1n) is 49.8. The monoisotopic (exact) mass is 1920 g/mol. The lowest BCUT2D eigenvalue weighted by Crippen LogP contribution is -2.22. The SMILES string of the molecule is Cc1cc(-c2cc3c(c(OCC4CCCCC4)c2)CC(=O)CC3)cn(C)c1=O.Cc1cc(-c2cc3c(c(OCC4CCOCC4)c2)CC(=O)CC3)cn(C)c1=O.Cc1cc(-c2cc3c(c(OCc4ccncc4)c2)CC(=O)CC3)cn(C)c1=O.Cc1cc(-c2cc3c(c(O[C@@H](C)c4ccccn4)c2)CC(=O)CC3)cn(C)c1=O.Cc1cc(-c2cc3c(cc2COC2CCCC2)CC(=O)CC3)cn(C)c1=O.S. The van der Waals surface area contributed by atoms with Gasteiger partial charge in [0, 0.05) is 212 Å². The highest BCUT2D eigenvalue weighted by Crippen LogP contribution is 2.42. The van der Waals surface area contributed by atoms with Gasteiger partial charge in [0.1, 0.15) is 64.6 Å². The predicted octanol–water partition coefficient (Wildman–Crippen LogP) is 18.9.